The van der Waals surface area contributed by atoms with Gasteiger partial charge < -0.3 is 14.1 Å². The van der Waals surface area contributed by atoms with E-state index in [-0.39, 0.29) is 15.8 Å². The van der Waals surface area contributed by atoms with Crippen molar-refractivity contribution in [1.29, 1.82) is 0 Å². The molecule has 1 fully saturated rings. The number of hydrogen-bond donors (Lipinski definition) is 0. The number of oxazole rings is 1. The molecule has 0 aliphatic carbocycles. The number of nitrogens with zero attached hydrogens (tertiary/aromatic N) is 2. The van der Waals surface area contributed by atoms with E-state index in [9.17, 15) is 8.42 Å². The Balaban J connectivity index is 1.84. The van der Waals surface area contributed by atoms with Crippen molar-refractivity contribution in [3.05, 3.63) is 53.0 Å². The summed E-state index contributed by atoms with van der Waals surface area (Å²) in [6.07, 6.45) is 4.24. The van der Waals surface area contributed by atoms with Gasteiger partial charge in [0.25, 0.3) is 0 Å². The van der Waals surface area contributed by atoms with E-state index < -0.39 is 9.84 Å². The van der Waals surface area contributed by atoms with Crippen molar-refractivity contribution in [3.8, 4) is 17.2 Å². The Bertz CT molecular complexity index is 1120. The fraction of sp³-hybridized carbons (Fsp3) is 0.318. The van der Waals surface area contributed by atoms with E-state index >= 15 is 0 Å². The number of halogens is 1. The Kier molecular flexibility index (Phi) is 6.15. The lowest BCUT2D eigenvalue weighted by molar-refractivity contribution is 0.414. The molecule has 1 aliphatic rings. The largest absolute Gasteiger partial charge is 0.497 e. The number of hydrogen-bond acceptors (Lipinski definition) is 6. The van der Waals surface area contributed by atoms with Crippen LogP contribution in [0.15, 0.2) is 67.3 Å². The lowest BCUT2D eigenvalue weighted by atomic mass is 10.2. The van der Waals surface area contributed by atoms with E-state index in [1.807, 2.05) is 29.2 Å². The Hall–Kier alpha value is -2.32. The second kappa shape index (κ2) is 8.81. The average molecular weight is 491 g/mol. The Morgan fingerprint density at radius 2 is 1.67 bits per heavy atom. The molecule has 8 heteroatoms. The van der Waals surface area contributed by atoms with Crippen LogP contribution < -0.4 is 9.64 Å². The smallest absolute Gasteiger partial charge is 0.236 e. The van der Waals surface area contributed by atoms with Crippen LogP contribution in [0.4, 0.5) is 5.88 Å². The van der Waals surface area contributed by atoms with Crippen LogP contribution in [-0.4, -0.2) is 33.6 Å². The lowest BCUT2D eigenvalue weighted by Gasteiger charge is -2.20. The zero-order valence-electron chi connectivity index (χ0n) is 16.7. The van der Waals surface area contributed by atoms with Gasteiger partial charge in [-0.1, -0.05) is 25.0 Å². The molecular formula is C22H23BrN2O4S. The summed E-state index contributed by atoms with van der Waals surface area (Å²) >= 11 is 3.51. The molecule has 2 heterocycles. The maximum atomic E-state index is 13.5. The van der Waals surface area contributed by atoms with Gasteiger partial charge in [0.15, 0.2) is 0 Å². The van der Waals surface area contributed by atoms with Crippen molar-refractivity contribution in [2.24, 2.45) is 0 Å². The van der Waals surface area contributed by atoms with Crippen LogP contribution in [-0.2, 0) is 9.84 Å². The molecule has 30 heavy (non-hydrogen) atoms. The Labute approximate surface area is 184 Å². The molecule has 3 aromatic rings. The monoisotopic (exact) mass is 490 g/mol. The summed E-state index contributed by atoms with van der Waals surface area (Å²) in [5.74, 6) is 1.20. The van der Waals surface area contributed by atoms with Crippen LogP contribution in [0, 0.1) is 0 Å². The van der Waals surface area contributed by atoms with Crippen molar-refractivity contribution in [3.63, 3.8) is 0 Å². The first kappa shape index (κ1) is 20.9. The zero-order chi connectivity index (χ0) is 21.1. The topological polar surface area (TPSA) is 72.6 Å². The van der Waals surface area contributed by atoms with Crippen LogP contribution in [0.25, 0.3) is 11.5 Å². The van der Waals surface area contributed by atoms with Gasteiger partial charge in [-0.15, -0.1) is 0 Å². The van der Waals surface area contributed by atoms with Crippen LogP contribution in [0.1, 0.15) is 25.7 Å². The fourth-order valence-electron chi connectivity index (χ4n) is 3.56. The summed E-state index contributed by atoms with van der Waals surface area (Å²) in [5, 5.41) is -0.0414. The SMILES string of the molecule is COc1ccc(S(=O)(=O)c2nc(-c3ccccc3Br)oc2N2CCCCCC2)cc1. The third kappa shape index (κ3) is 4.11. The first-order valence-electron chi connectivity index (χ1n) is 9.90. The zero-order valence-corrected chi connectivity index (χ0v) is 19.1. The fourth-order valence-corrected chi connectivity index (χ4v) is 5.34. The van der Waals surface area contributed by atoms with Gasteiger partial charge in [-0.3, -0.25) is 0 Å². The lowest BCUT2D eigenvalue weighted by Crippen LogP contribution is -2.25. The van der Waals surface area contributed by atoms with Crippen LogP contribution in [0.3, 0.4) is 0 Å². The maximum Gasteiger partial charge on any atom is 0.236 e. The van der Waals surface area contributed by atoms with Crippen LogP contribution in [0.5, 0.6) is 5.75 Å². The van der Waals surface area contributed by atoms with Gasteiger partial charge in [0.05, 0.1) is 17.6 Å². The number of sulfone groups is 1. The molecule has 0 unspecified atom stereocenters. The quantitative estimate of drug-likeness (QED) is 0.481. The highest BCUT2D eigenvalue weighted by Crippen LogP contribution is 2.37. The molecule has 0 radical (unpaired) electrons. The third-order valence-corrected chi connectivity index (χ3v) is 7.56. The van der Waals surface area contributed by atoms with E-state index in [4.69, 9.17) is 9.15 Å². The number of anilines is 1. The number of methoxy groups -OCH3 is 1. The summed E-state index contributed by atoms with van der Waals surface area (Å²) in [7, 11) is -2.33. The second-order valence-corrected chi connectivity index (χ2v) is 9.91. The van der Waals surface area contributed by atoms with E-state index in [2.05, 4.69) is 20.9 Å². The number of ether oxygens (including phenoxy) is 1. The van der Waals surface area contributed by atoms with Gasteiger partial charge in [-0.05, 0) is 65.2 Å². The molecular weight excluding hydrogens is 468 g/mol. The van der Waals surface area contributed by atoms with Crippen molar-refractivity contribution in [2.75, 3.05) is 25.1 Å². The predicted octanol–water partition coefficient (Wildman–Crippen LogP) is 5.33. The molecule has 0 N–H and O–H groups in total. The Morgan fingerprint density at radius 3 is 2.30 bits per heavy atom. The minimum atomic E-state index is -3.87. The van der Waals surface area contributed by atoms with Gasteiger partial charge in [0, 0.05) is 17.6 Å². The van der Waals surface area contributed by atoms with E-state index in [1.54, 1.807) is 19.2 Å². The van der Waals surface area contributed by atoms with Gasteiger partial charge in [0.2, 0.25) is 26.6 Å². The van der Waals surface area contributed by atoms with Crippen molar-refractivity contribution >= 4 is 31.7 Å². The molecule has 0 bridgehead atoms. The van der Waals surface area contributed by atoms with Gasteiger partial charge in [-0.25, -0.2) is 8.42 Å². The normalized spacial score (nSPS) is 15.1. The summed E-state index contributed by atoms with van der Waals surface area (Å²) < 4.78 is 39.1. The van der Waals surface area contributed by atoms with Crippen molar-refractivity contribution in [2.45, 2.75) is 35.6 Å². The number of aromatic nitrogens is 1. The van der Waals surface area contributed by atoms with E-state index in [0.29, 0.717) is 17.2 Å². The molecule has 0 saturated carbocycles. The maximum absolute atomic E-state index is 13.5. The highest BCUT2D eigenvalue weighted by atomic mass is 79.9. The van der Waals surface area contributed by atoms with E-state index in [1.165, 1.54) is 12.1 Å². The molecule has 4 rings (SSSR count). The third-order valence-electron chi connectivity index (χ3n) is 5.20. The molecule has 1 aliphatic heterocycles. The van der Waals surface area contributed by atoms with Gasteiger partial charge in [0.1, 0.15) is 5.75 Å². The van der Waals surface area contributed by atoms with Crippen molar-refractivity contribution < 1.29 is 17.6 Å². The van der Waals surface area contributed by atoms with Crippen LogP contribution in [0.2, 0.25) is 0 Å². The number of benzene rings is 2. The van der Waals surface area contributed by atoms with Gasteiger partial charge in [-0.2, -0.15) is 4.98 Å². The predicted molar refractivity (Wildman–Crippen MR) is 119 cm³/mol. The molecule has 0 spiro atoms. The van der Waals surface area contributed by atoms with E-state index in [0.717, 1.165) is 43.2 Å². The second-order valence-electron chi connectivity index (χ2n) is 7.19. The standard InChI is InChI=1S/C22H23BrN2O4S/c1-28-16-10-12-17(13-11-16)30(26,27)21-22(25-14-6-2-3-7-15-25)29-20(24-21)18-8-4-5-9-19(18)23/h4-5,8-13H,2-3,6-7,14-15H2,1H3. The minimum absolute atomic E-state index is 0.0414. The average Bonchev–Trinajstić information content (AvgIpc) is 3.03. The Morgan fingerprint density at radius 1 is 1.00 bits per heavy atom. The van der Waals surface area contributed by atoms with Crippen molar-refractivity contribution in [1.82, 2.24) is 4.98 Å². The molecule has 1 aromatic heterocycles. The summed E-state index contributed by atoms with van der Waals surface area (Å²) in [6, 6.07) is 13.8. The molecule has 2 aromatic carbocycles. The molecule has 0 atom stereocenters. The summed E-state index contributed by atoms with van der Waals surface area (Å²) in [6.45, 7) is 1.49. The molecule has 158 valence electrons. The van der Waals surface area contributed by atoms with Gasteiger partial charge >= 0.3 is 0 Å². The minimum Gasteiger partial charge on any atom is -0.497 e. The first-order chi connectivity index (χ1) is 14.5. The highest BCUT2D eigenvalue weighted by molar-refractivity contribution is 9.10. The molecule has 6 nitrogen and oxygen atoms in total. The molecule has 0 amide bonds. The highest BCUT2D eigenvalue weighted by Gasteiger charge is 2.32. The van der Waals surface area contributed by atoms with Crippen LogP contribution >= 0.6 is 15.9 Å². The summed E-state index contributed by atoms with van der Waals surface area (Å²) in [5.41, 5.74) is 0.713. The first-order valence-corrected chi connectivity index (χ1v) is 12.2. The molecule has 1 saturated heterocycles. The number of rotatable bonds is 5. The summed E-state index contributed by atoms with van der Waals surface area (Å²) in [4.78, 5) is 6.65.